The molecular weight excluding hydrogens is 464 g/mol. The van der Waals surface area contributed by atoms with Gasteiger partial charge in [-0.25, -0.2) is 14.6 Å². The molecule has 2 aliphatic rings. The van der Waals surface area contributed by atoms with E-state index in [1.807, 2.05) is 61.1 Å². The van der Waals surface area contributed by atoms with Gasteiger partial charge in [0, 0.05) is 36.5 Å². The lowest BCUT2D eigenvalue weighted by Gasteiger charge is -2.27. The Morgan fingerprint density at radius 3 is 2.78 bits per heavy atom. The second kappa shape index (κ2) is 9.16. The van der Waals surface area contributed by atoms with Crippen molar-refractivity contribution >= 4 is 16.7 Å². The van der Waals surface area contributed by atoms with Crippen LogP contribution in [0.5, 0.6) is 5.75 Å². The van der Waals surface area contributed by atoms with E-state index in [1.54, 1.807) is 6.33 Å². The number of nitrogens with zero attached hydrogens (tertiary/aromatic N) is 6. The molecule has 0 amide bonds. The van der Waals surface area contributed by atoms with Crippen molar-refractivity contribution in [1.82, 2.24) is 19.7 Å². The lowest BCUT2D eigenvalue weighted by atomic mass is 9.86. The normalized spacial score (nSPS) is 19.6. The molecular formula is C29H30N6O2. The van der Waals surface area contributed by atoms with Gasteiger partial charge >= 0.3 is 0 Å². The summed E-state index contributed by atoms with van der Waals surface area (Å²) < 4.78 is 8.30. The first-order valence-electron chi connectivity index (χ1n) is 12.9. The third-order valence-electron chi connectivity index (χ3n) is 7.76. The molecule has 1 N–H and O–H groups in total. The SMILES string of the molecule is CC(C)(O)[C@H]1CCN(c2cc(-n3ncc4ccc(O[C@H]5CCCc6c(C#N)cccc65)cc43)ncn2)C1. The molecule has 0 saturated carbocycles. The van der Waals surface area contributed by atoms with E-state index in [-0.39, 0.29) is 12.0 Å². The third kappa shape index (κ3) is 4.40. The van der Waals surface area contributed by atoms with Crippen LogP contribution in [0.3, 0.4) is 0 Å². The number of anilines is 1. The van der Waals surface area contributed by atoms with Crippen molar-refractivity contribution in [2.75, 3.05) is 18.0 Å². The number of ether oxygens (including phenoxy) is 1. The lowest BCUT2D eigenvalue weighted by molar-refractivity contribution is 0.0263. The second-order valence-electron chi connectivity index (χ2n) is 10.6. The Morgan fingerprint density at radius 1 is 1.11 bits per heavy atom. The molecule has 1 aliphatic heterocycles. The summed E-state index contributed by atoms with van der Waals surface area (Å²) in [5.74, 6) is 2.48. The van der Waals surface area contributed by atoms with Crippen LogP contribution in [0.15, 0.2) is 55.0 Å². The van der Waals surface area contributed by atoms with Gasteiger partial charge in [0.25, 0.3) is 0 Å². The Morgan fingerprint density at radius 2 is 1.97 bits per heavy atom. The van der Waals surface area contributed by atoms with E-state index >= 15 is 0 Å². The van der Waals surface area contributed by atoms with Gasteiger partial charge in [0.05, 0.1) is 28.9 Å². The number of fused-ring (bicyclic) bond motifs is 2. The minimum atomic E-state index is -0.714. The second-order valence-corrected chi connectivity index (χ2v) is 10.6. The molecule has 0 spiro atoms. The topological polar surface area (TPSA) is 100 Å². The predicted molar refractivity (Wildman–Crippen MR) is 141 cm³/mol. The van der Waals surface area contributed by atoms with Gasteiger partial charge in [-0.05, 0) is 68.9 Å². The van der Waals surface area contributed by atoms with Crippen molar-refractivity contribution in [3.05, 3.63) is 71.7 Å². The van der Waals surface area contributed by atoms with E-state index in [4.69, 9.17) is 4.74 Å². The molecule has 3 heterocycles. The van der Waals surface area contributed by atoms with Crippen LogP contribution in [-0.2, 0) is 6.42 Å². The Labute approximate surface area is 216 Å². The van der Waals surface area contributed by atoms with Gasteiger partial charge in [-0.3, -0.25) is 0 Å². The maximum atomic E-state index is 10.4. The fourth-order valence-corrected chi connectivity index (χ4v) is 5.62. The molecule has 37 heavy (non-hydrogen) atoms. The summed E-state index contributed by atoms with van der Waals surface area (Å²) in [6.45, 7) is 5.35. The summed E-state index contributed by atoms with van der Waals surface area (Å²) in [6, 6.07) is 16.2. The fourth-order valence-electron chi connectivity index (χ4n) is 5.62. The molecule has 8 nitrogen and oxygen atoms in total. The van der Waals surface area contributed by atoms with Gasteiger partial charge in [0.15, 0.2) is 5.82 Å². The maximum absolute atomic E-state index is 10.4. The number of aliphatic hydroxyl groups is 1. The molecule has 1 saturated heterocycles. The van der Waals surface area contributed by atoms with Crippen LogP contribution >= 0.6 is 0 Å². The van der Waals surface area contributed by atoms with Gasteiger partial charge in [-0.15, -0.1) is 0 Å². The van der Waals surface area contributed by atoms with Gasteiger partial charge in [0.2, 0.25) is 0 Å². The highest BCUT2D eigenvalue weighted by molar-refractivity contribution is 5.81. The third-order valence-corrected chi connectivity index (χ3v) is 7.76. The molecule has 2 aromatic carbocycles. The Kier molecular flexibility index (Phi) is 5.81. The van der Waals surface area contributed by atoms with Gasteiger partial charge < -0.3 is 14.7 Å². The molecule has 8 heteroatoms. The zero-order valence-electron chi connectivity index (χ0n) is 21.1. The van der Waals surface area contributed by atoms with E-state index < -0.39 is 5.60 Å². The molecule has 1 aliphatic carbocycles. The number of rotatable bonds is 5. The fraction of sp³-hybridized carbons (Fsp3) is 0.379. The first kappa shape index (κ1) is 23.4. The molecule has 4 aromatic rings. The monoisotopic (exact) mass is 494 g/mol. The summed E-state index contributed by atoms with van der Waals surface area (Å²) in [4.78, 5) is 11.2. The minimum absolute atomic E-state index is 0.0876. The van der Waals surface area contributed by atoms with E-state index in [2.05, 4.69) is 32.1 Å². The molecule has 0 radical (unpaired) electrons. The zero-order valence-corrected chi connectivity index (χ0v) is 21.1. The average Bonchev–Trinajstić information content (AvgIpc) is 3.56. The first-order valence-corrected chi connectivity index (χ1v) is 12.9. The highest BCUT2D eigenvalue weighted by Gasteiger charge is 2.34. The number of nitriles is 1. The lowest BCUT2D eigenvalue weighted by Crippen LogP contribution is -2.33. The summed E-state index contributed by atoms with van der Waals surface area (Å²) in [5, 5.41) is 25.5. The van der Waals surface area contributed by atoms with Crippen molar-refractivity contribution < 1.29 is 9.84 Å². The van der Waals surface area contributed by atoms with Crippen molar-refractivity contribution in [3.8, 4) is 17.6 Å². The quantitative estimate of drug-likeness (QED) is 0.428. The summed E-state index contributed by atoms with van der Waals surface area (Å²) in [6.07, 6.45) is 7.05. The standard InChI is InChI=1S/C29H30N6O2/c1-29(2,36)21-11-12-34(17-21)27-14-28(32-18-31-27)35-25-13-22(10-9-20(25)16-33-35)37-26-8-4-6-23-19(15-30)5-3-7-24(23)26/h3,5,7,9-10,13-14,16,18,21,26,36H,4,6,8,11-12,17H2,1-2H3/t21-,26-/m0/s1. The molecule has 0 unspecified atom stereocenters. The van der Waals surface area contributed by atoms with Gasteiger partial charge in [0.1, 0.15) is 24.0 Å². The Hall–Kier alpha value is -3.96. The van der Waals surface area contributed by atoms with E-state index in [0.717, 1.165) is 77.9 Å². The zero-order chi connectivity index (χ0) is 25.6. The predicted octanol–water partition coefficient (Wildman–Crippen LogP) is 4.74. The molecule has 188 valence electrons. The van der Waals surface area contributed by atoms with Crippen molar-refractivity contribution in [2.45, 2.75) is 51.2 Å². The van der Waals surface area contributed by atoms with Crippen LogP contribution in [0.2, 0.25) is 0 Å². The first-order chi connectivity index (χ1) is 17.9. The largest absolute Gasteiger partial charge is 0.486 e. The minimum Gasteiger partial charge on any atom is -0.486 e. The van der Waals surface area contributed by atoms with E-state index in [1.165, 1.54) is 0 Å². The highest BCUT2D eigenvalue weighted by Crippen LogP contribution is 2.36. The number of hydrogen-bond donors (Lipinski definition) is 1. The maximum Gasteiger partial charge on any atom is 0.159 e. The van der Waals surface area contributed by atoms with Crippen LogP contribution in [0.4, 0.5) is 5.82 Å². The average molecular weight is 495 g/mol. The molecule has 1 fully saturated rings. The molecule has 0 bridgehead atoms. The number of hydrogen-bond acceptors (Lipinski definition) is 7. The van der Waals surface area contributed by atoms with Crippen LogP contribution in [0, 0.1) is 17.2 Å². The summed E-state index contributed by atoms with van der Waals surface area (Å²) in [7, 11) is 0. The van der Waals surface area contributed by atoms with Crippen LogP contribution in [-0.4, -0.2) is 43.5 Å². The van der Waals surface area contributed by atoms with Crippen molar-refractivity contribution in [3.63, 3.8) is 0 Å². The van der Waals surface area contributed by atoms with E-state index in [9.17, 15) is 10.4 Å². The number of aromatic nitrogens is 4. The smallest absolute Gasteiger partial charge is 0.159 e. The van der Waals surface area contributed by atoms with Crippen molar-refractivity contribution in [1.29, 1.82) is 5.26 Å². The van der Waals surface area contributed by atoms with Crippen LogP contribution in [0.25, 0.3) is 16.7 Å². The van der Waals surface area contributed by atoms with Crippen LogP contribution < -0.4 is 9.64 Å². The van der Waals surface area contributed by atoms with E-state index in [0.29, 0.717) is 5.82 Å². The summed E-state index contributed by atoms with van der Waals surface area (Å²) >= 11 is 0. The Bertz CT molecular complexity index is 1500. The Balaban J connectivity index is 1.28. The van der Waals surface area contributed by atoms with Crippen LogP contribution in [0.1, 0.15) is 55.9 Å². The van der Waals surface area contributed by atoms with Crippen molar-refractivity contribution in [2.24, 2.45) is 5.92 Å². The molecule has 6 rings (SSSR count). The molecule has 2 atom stereocenters. The van der Waals surface area contributed by atoms with Gasteiger partial charge in [-0.1, -0.05) is 12.1 Å². The van der Waals surface area contributed by atoms with Gasteiger partial charge in [-0.2, -0.15) is 10.4 Å². The summed E-state index contributed by atoms with van der Waals surface area (Å²) in [5.41, 5.74) is 3.14. The number of benzene rings is 2. The highest BCUT2D eigenvalue weighted by atomic mass is 16.5. The molecule has 2 aromatic heterocycles.